The summed E-state index contributed by atoms with van der Waals surface area (Å²) in [6.45, 7) is 2.65. The van der Waals surface area contributed by atoms with Crippen LogP contribution in [0.3, 0.4) is 0 Å². The lowest BCUT2D eigenvalue weighted by molar-refractivity contribution is -0.118. The van der Waals surface area contributed by atoms with Gasteiger partial charge in [-0.1, -0.05) is 12.1 Å². The number of aromatic nitrogens is 2. The molecule has 124 valence electrons. The maximum absolute atomic E-state index is 12.4. The van der Waals surface area contributed by atoms with Crippen LogP contribution in [0.5, 0.6) is 0 Å². The Bertz CT molecular complexity index is 747. The largest absolute Gasteiger partial charge is 0.353 e. The smallest absolute Gasteiger partial charge is 0.274 e. The number of anilines is 2. The summed E-state index contributed by atoms with van der Waals surface area (Å²) in [6, 6.07) is 9.05. The van der Waals surface area contributed by atoms with Crippen molar-refractivity contribution in [1.82, 2.24) is 14.9 Å². The van der Waals surface area contributed by atoms with Gasteiger partial charge >= 0.3 is 0 Å². The molecule has 0 atom stereocenters. The Morgan fingerprint density at radius 2 is 1.92 bits per heavy atom. The second-order valence-electron chi connectivity index (χ2n) is 5.32. The number of rotatable bonds is 4. The fraction of sp³-hybridized carbons (Fsp3) is 0.250. The third-order valence-electron chi connectivity index (χ3n) is 3.79. The summed E-state index contributed by atoms with van der Waals surface area (Å²) < 4.78 is 0.803. The van der Waals surface area contributed by atoms with Gasteiger partial charge < -0.3 is 15.1 Å². The molecule has 1 aromatic carbocycles. The van der Waals surface area contributed by atoms with Crippen molar-refractivity contribution in [3.05, 3.63) is 46.8 Å². The summed E-state index contributed by atoms with van der Waals surface area (Å²) in [4.78, 5) is 35.2. The van der Waals surface area contributed by atoms with Gasteiger partial charge in [-0.3, -0.25) is 9.59 Å². The van der Waals surface area contributed by atoms with Crippen molar-refractivity contribution in [2.24, 2.45) is 0 Å². The first-order chi connectivity index (χ1) is 11.7. The van der Waals surface area contributed by atoms with Crippen LogP contribution in [0.1, 0.15) is 10.5 Å². The van der Waals surface area contributed by atoms with Crippen LogP contribution in [0.25, 0.3) is 0 Å². The Hall–Kier alpha value is -2.48. The second-order valence-corrected chi connectivity index (χ2v) is 6.18. The standard InChI is InChI=1S/C16H16BrN5O2/c17-12-3-1-2-4-13(12)20-16(24)14-9-15(19-10-18-14)22-7-5-21(11-23)6-8-22/h1-4,9-11H,5-8H2,(H,20,24). The fourth-order valence-corrected chi connectivity index (χ4v) is 2.83. The number of carbonyl (C=O) groups excluding carboxylic acids is 2. The summed E-state index contributed by atoms with van der Waals surface area (Å²) >= 11 is 3.40. The number of hydrogen-bond acceptors (Lipinski definition) is 5. The van der Waals surface area contributed by atoms with Crippen LogP contribution in [0.15, 0.2) is 41.1 Å². The summed E-state index contributed by atoms with van der Waals surface area (Å²) in [7, 11) is 0. The van der Waals surface area contributed by atoms with Crippen molar-refractivity contribution in [3.63, 3.8) is 0 Å². The van der Waals surface area contributed by atoms with E-state index in [-0.39, 0.29) is 5.91 Å². The number of nitrogens with zero attached hydrogens (tertiary/aromatic N) is 4. The van der Waals surface area contributed by atoms with Gasteiger partial charge in [0.2, 0.25) is 6.41 Å². The van der Waals surface area contributed by atoms with E-state index in [9.17, 15) is 9.59 Å². The van der Waals surface area contributed by atoms with Crippen LogP contribution in [0.2, 0.25) is 0 Å². The molecule has 1 aliphatic heterocycles. The van der Waals surface area contributed by atoms with E-state index < -0.39 is 0 Å². The number of carbonyl (C=O) groups is 2. The number of hydrogen-bond donors (Lipinski definition) is 1. The van der Waals surface area contributed by atoms with Crippen LogP contribution >= 0.6 is 15.9 Å². The molecule has 1 fully saturated rings. The van der Waals surface area contributed by atoms with E-state index in [4.69, 9.17) is 0 Å². The topological polar surface area (TPSA) is 78.4 Å². The van der Waals surface area contributed by atoms with E-state index >= 15 is 0 Å². The van der Waals surface area contributed by atoms with Gasteiger partial charge in [-0.2, -0.15) is 0 Å². The number of benzene rings is 1. The average Bonchev–Trinajstić information content (AvgIpc) is 2.64. The molecule has 0 radical (unpaired) electrons. The quantitative estimate of drug-likeness (QED) is 0.806. The normalized spacial score (nSPS) is 14.4. The van der Waals surface area contributed by atoms with Crippen LogP contribution in [0, 0.1) is 0 Å². The molecule has 0 aliphatic carbocycles. The highest BCUT2D eigenvalue weighted by Crippen LogP contribution is 2.22. The molecule has 8 heteroatoms. The van der Waals surface area contributed by atoms with Crippen molar-refractivity contribution >= 4 is 39.8 Å². The first-order valence-corrected chi connectivity index (χ1v) is 8.29. The molecular weight excluding hydrogens is 374 g/mol. The molecule has 0 spiro atoms. The Morgan fingerprint density at radius 1 is 1.17 bits per heavy atom. The number of piperazine rings is 1. The Labute approximate surface area is 147 Å². The predicted octanol–water partition coefficient (Wildman–Crippen LogP) is 1.77. The van der Waals surface area contributed by atoms with Gasteiger partial charge in [0.1, 0.15) is 17.8 Å². The number of amides is 2. The van der Waals surface area contributed by atoms with Gasteiger partial charge in [0, 0.05) is 36.7 Å². The Kier molecular flexibility index (Phi) is 5.05. The Balaban J connectivity index is 1.72. The fourth-order valence-electron chi connectivity index (χ4n) is 2.45. The number of para-hydroxylation sites is 1. The van der Waals surface area contributed by atoms with Gasteiger partial charge in [0.25, 0.3) is 5.91 Å². The van der Waals surface area contributed by atoms with Crippen LogP contribution in [-0.2, 0) is 4.79 Å². The molecular formula is C16H16BrN5O2. The zero-order valence-electron chi connectivity index (χ0n) is 12.9. The molecule has 2 amide bonds. The first-order valence-electron chi connectivity index (χ1n) is 7.49. The molecule has 1 aliphatic rings. The third-order valence-corrected chi connectivity index (χ3v) is 4.49. The van der Waals surface area contributed by atoms with Gasteiger partial charge in [-0.05, 0) is 28.1 Å². The van der Waals surface area contributed by atoms with Crippen LogP contribution in [0.4, 0.5) is 11.5 Å². The van der Waals surface area contributed by atoms with Crippen molar-refractivity contribution in [2.45, 2.75) is 0 Å². The number of nitrogens with one attached hydrogen (secondary N) is 1. The molecule has 1 aromatic heterocycles. The van der Waals surface area contributed by atoms with Gasteiger partial charge in [-0.15, -0.1) is 0 Å². The zero-order valence-corrected chi connectivity index (χ0v) is 14.4. The van der Waals surface area contributed by atoms with E-state index in [0.717, 1.165) is 10.9 Å². The molecule has 24 heavy (non-hydrogen) atoms. The van der Waals surface area contributed by atoms with E-state index in [1.54, 1.807) is 11.0 Å². The monoisotopic (exact) mass is 389 g/mol. The van der Waals surface area contributed by atoms with Gasteiger partial charge in [0.05, 0.1) is 5.69 Å². The lowest BCUT2D eigenvalue weighted by Crippen LogP contribution is -2.46. The van der Waals surface area contributed by atoms with Gasteiger partial charge in [-0.25, -0.2) is 9.97 Å². The molecule has 2 aromatic rings. The molecule has 1 saturated heterocycles. The van der Waals surface area contributed by atoms with Crippen LogP contribution in [-0.4, -0.2) is 53.4 Å². The van der Waals surface area contributed by atoms with Gasteiger partial charge in [0.15, 0.2) is 0 Å². The molecule has 0 saturated carbocycles. The van der Waals surface area contributed by atoms with E-state index in [0.29, 0.717) is 43.4 Å². The highest BCUT2D eigenvalue weighted by Gasteiger charge is 2.18. The van der Waals surface area contributed by atoms with Crippen LogP contribution < -0.4 is 10.2 Å². The number of halogens is 1. The van der Waals surface area contributed by atoms with Crippen molar-refractivity contribution < 1.29 is 9.59 Å². The molecule has 0 bridgehead atoms. The summed E-state index contributed by atoms with van der Waals surface area (Å²) in [5.74, 6) is 0.393. The predicted molar refractivity (Wildman–Crippen MR) is 94.0 cm³/mol. The molecule has 2 heterocycles. The molecule has 1 N–H and O–H groups in total. The second kappa shape index (κ2) is 7.39. The van der Waals surface area contributed by atoms with E-state index in [1.165, 1.54) is 6.33 Å². The molecule has 0 unspecified atom stereocenters. The third kappa shape index (κ3) is 3.70. The minimum Gasteiger partial charge on any atom is -0.353 e. The van der Waals surface area contributed by atoms with Crippen molar-refractivity contribution in [2.75, 3.05) is 36.4 Å². The highest BCUT2D eigenvalue weighted by atomic mass is 79.9. The van der Waals surface area contributed by atoms with Crippen molar-refractivity contribution in [3.8, 4) is 0 Å². The minimum atomic E-state index is -0.294. The average molecular weight is 390 g/mol. The maximum atomic E-state index is 12.4. The SMILES string of the molecule is O=CN1CCN(c2cc(C(=O)Nc3ccccc3Br)ncn2)CC1. The van der Waals surface area contributed by atoms with E-state index in [2.05, 4.69) is 31.2 Å². The summed E-state index contributed by atoms with van der Waals surface area (Å²) in [5, 5.41) is 2.82. The summed E-state index contributed by atoms with van der Waals surface area (Å²) in [6.07, 6.45) is 2.24. The first kappa shape index (κ1) is 16.4. The summed E-state index contributed by atoms with van der Waals surface area (Å²) in [5.41, 5.74) is 0.982. The molecule has 7 nitrogen and oxygen atoms in total. The maximum Gasteiger partial charge on any atom is 0.274 e. The minimum absolute atomic E-state index is 0.294. The van der Waals surface area contributed by atoms with E-state index in [1.807, 2.05) is 29.2 Å². The zero-order chi connectivity index (χ0) is 16.9. The molecule has 3 rings (SSSR count). The lowest BCUT2D eigenvalue weighted by Gasteiger charge is -2.33. The van der Waals surface area contributed by atoms with Crippen molar-refractivity contribution in [1.29, 1.82) is 0 Å². The Morgan fingerprint density at radius 3 is 2.62 bits per heavy atom. The highest BCUT2D eigenvalue weighted by molar-refractivity contribution is 9.10. The lowest BCUT2D eigenvalue weighted by atomic mass is 10.2.